The van der Waals surface area contributed by atoms with Crippen LogP contribution in [0.15, 0.2) is 50.4 Å². The third-order valence-corrected chi connectivity index (χ3v) is 5.09. The molecule has 27 heavy (non-hydrogen) atoms. The maximum absolute atomic E-state index is 11.9. The first-order valence-electron chi connectivity index (χ1n) is 8.70. The van der Waals surface area contributed by atoms with Crippen LogP contribution in [0.1, 0.15) is 25.0 Å². The van der Waals surface area contributed by atoms with Gasteiger partial charge in [0, 0.05) is 18.8 Å². The zero-order chi connectivity index (χ0) is 19.8. The van der Waals surface area contributed by atoms with Crippen LogP contribution in [0.5, 0.6) is 5.75 Å². The van der Waals surface area contributed by atoms with Crippen LogP contribution >= 0.6 is 31.9 Å². The van der Waals surface area contributed by atoms with Gasteiger partial charge >= 0.3 is 0 Å². The Morgan fingerprint density at radius 1 is 1.15 bits per heavy atom. The van der Waals surface area contributed by atoms with Gasteiger partial charge in [0.25, 0.3) is 5.91 Å². The van der Waals surface area contributed by atoms with E-state index in [1.165, 1.54) is 5.69 Å². The molecule has 5 nitrogen and oxygen atoms in total. The maximum Gasteiger partial charge on any atom is 0.277 e. The van der Waals surface area contributed by atoms with Crippen LogP contribution in [0.25, 0.3) is 0 Å². The van der Waals surface area contributed by atoms with Gasteiger partial charge in [-0.05, 0) is 88.0 Å². The Balaban J connectivity index is 1.86. The van der Waals surface area contributed by atoms with Gasteiger partial charge in [0.15, 0.2) is 6.61 Å². The first-order chi connectivity index (χ1) is 12.9. The lowest BCUT2D eigenvalue weighted by Gasteiger charge is -2.20. The number of carbonyl (C=O) groups is 1. The van der Waals surface area contributed by atoms with E-state index in [0.717, 1.165) is 33.2 Å². The molecule has 0 aliphatic heterocycles. The normalized spacial score (nSPS) is 10.9. The van der Waals surface area contributed by atoms with E-state index in [-0.39, 0.29) is 12.5 Å². The van der Waals surface area contributed by atoms with E-state index in [4.69, 9.17) is 4.74 Å². The molecule has 1 amide bonds. The summed E-state index contributed by atoms with van der Waals surface area (Å²) in [5.41, 5.74) is 5.64. The number of amides is 1. The monoisotopic (exact) mass is 495 g/mol. The van der Waals surface area contributed by atoms with E-state index in [1.807, 2.05) is 43.3 Å². The van der Waals surface area contributed by atoms with Gasteiger partial charge in [0.2, 0.25) is 0 Å². The number of nitrogens with one attached hydrogen (secondary N) is 1. The number of hydrogen-bond donors (Lipinski definition) is 1. The highest BCUT2D eigenvalue weighted by Gasteiger charge is 2.10. The molecule has 0 aliphatic carbocycles. The second-order valence-corrected chi connectivity index (χ2v) is 7.61. The average molecular weight is 497 g/mol. The first kappa shape index (κ1) is 21.4. The zero-order valence-corrected chi connectivity index (χ0v) is 18.8. The van der Waals surface area contributed by atoms with Crippen LogP contribution in [0.3, 0.4) is 0 Å². The van der Waals surface area contributed by atoms with Crippen molar-refractivity contribution in [2.45, 2.75) is 20.8 Å². The van der Waals surface area contributed by atoms with Crippen molar-refractivity contribution in [1.29, 1.82) is 0 Å². The fourth-order valence-corrected chi connectivity index (χ4v) is 4.18. The zero-order valence-electron chi connectivity index (χ0n) is 15.6. The fourth-order valence-electron chi connectivity index (χ4n) is 2.53. The first-order valence-corrected chi connectivity index (χ1v) is 10.3. The topological polar surface area (TPSA) is 53.9 Å². The Hall–Kier alpha value is -1.86. The Labute approximate surface area is 177 Å². The Kier molecular flexibility index (Phi) is 8.31. The molecule has 0 atom stereocenters. The number of carbonyl (C=O) groups excluding carboxylic acids is 1. The minimum atomic E-state index is -0.328. The molecule has 0 fully saturated rings. The predicted molar refractivity (Wildman–Crippen MR) is 118 cm³/mol. The number of rotatable bonds is 8. The molecule has 0 bridgehead atoms. The minimum absolute atomic E-state index is 0.126. The molecule has 7 heteroatoms. The largest absolute Gasteiger partial charge is 0.481 e. The van der Waals surface area contributed by atoms with E-state index in [0.29, 0.717) is 5.75 Å². The number of ether oxygens (including phenoxy) is 1. The standard InChI is InChI=1S/C20H23Br2N3O2/c1-4-25(5-2)16-8-6-15(7-9-16)12-23-24-19(26)13-27-20-17(21)10-14(3)11-18(20)22/h6-12H,4-5,13H2,1-3H3,(H,24,26)/b23-12+. The van der Waals surface area contributed by atoms with Crippen molar-refractivity contribution < 1.29 is 9.53 Å². The molecule has 0 heterocycles. The molecular formula is C20H23Br2N3O2. The molecule has 1 N–H and O–H groups in total. The molecule has 0 spiro atoms. The van der Waals surface area contributed by atoms with Crippen molar-refractivity contribution in [3.05, 3.63) is 56.5 Å². The highest BCUT2D eigenvalue weighted by Crippen LogP contribution is 2.34. The lowest BCUT2D eigenvalue weighted by atomic mass is 10.2. The predicted octanol–water partition coefficient (Wildman–Crippen LogP) is 4.90. The van der Waals surface area contributed by atoms with E-state index in [2.05, 4.69) is 61.1 Å². The van der Waals surface area contributed by atoms with Gasteiger partial charge < -0.3 is 9.64 Å². The van der Waals surface area contributed by atoms with Crippen LogP contribution in [0.2, 0.25) is 0 Å². The smallest absolute Gasteiger partial charge is 0.277 e. The molecule has 2 aromatic rings. The van der Waals surface area contributed by atoms with Gasteiger partial charge in [-0.3, -0.25) is 4.79 Å². The summed E-state index contributed by atoms with van der Waals surface area (Å²) in [6.07, 6.45) is 1.61. The van der Waals surface area contributed by atoms with Gasteiger partial charge in [-0.1, -0.05) is 12.1 Å². The summed E-state index contributed by atoms with van der Waals surface area (Å²) >= 11 is 6.88. The van der Waals surface area contributed by atoms with E-state index >= 15 is 0 Å². The van der Waals surface area contributed by atoms with Crippen molar-refractivity contribution in [2.24, 2.45) is 5.10 Å². The maximum atomic E-state index is 11.9. The minimum Gasteiger partial charge on any atom is -0.481 e. The van der Waals surface area contributed by atoms with Crippen LogP contribution in [0.4, 0.5) is 5.69 Å². The van der Waals surface area contributed by atoms with Gasteiger partial charge in [-0.2, -0.15) is 5.10 Å². The second-order valence-electron chi connectivity index (χ2n) is 5.90. The summed E-state index contributed by atoms with van der Waals surface area (Å²) in [5, 5.41) is 3.99. The van der Waals surface area contributed by atoms with Crippen molar-refractivity contribution >= 4 is 49.7 Å². The number of benzene rings is 2. The molecule has 2 aromatic carbocycles. The van der Waals surface area contributed by atoms with Crippen molar-refractivity contribution in [3.63, 3.8) is 0 Å². The quantitative estimate of drug-likeness (QED) is 0.418. The van der Waals surface area contributed by atoms with Crippen LogP contribution in [0, 0.1) is 6.92 Å². The Morgan fingerprint density at radius 2 is 1.74 bits per heavy atom. The molecule has 144 valence electrons. The highest BCUT2D eigenvalue weighted by molar-refractivity contribution is 9.11. The van der Waals surface area contributed by atoms with Crippen LogP contribution in [-0.2, 0) is 4.79 Å². The molecular weight excluding hydrogens is 474 g/mol. The summed E-state index contributed by atoms with van der Waals surface area (Å²) in [4.78, 5) is 14.2. The summed E-state index contributed by atoms with van der Waals surface area (Å²) in [5.74, 6) is 0.261. The Bertz CT molecular complexity index is 780. The number of aryl methyl sites for hydroxylation is 1. The summed E-state index contributed by atoms with van der Waals surface area (Å²) < 4.78 is 7.15. The average Bonchev–Trinajstić information content (AvgIpc) is 2.63. The van der Waals surface area contributed by atoms with Crippen molar-refractivity contribution in [3.8, 4) is 5.75 Å². The van der Waals surface area contributed by atoms with E-state index < -0.39 is 0 Å². The highest BCUT2D eigenvalue weighted by atomic mass is 79.9. The Morgan fingerprint density at radius 3 is 2.30 bits per heavy atom. The molecule has 0 radical (unpaired) electrons. The second kappa shape index (κ2) is 10.5. The number of hydrogen-bond acceptors (Lipinski definition) is 4. The third kappa shape index (κ3) is 6.36. The van der Waals surface area contributed by atoms with Gasteiger partial charge in [-0.25, -0.2) is 5.43 Å². The van der Waals surface area contributed by atoms with Gasteiger partial charge in [-0.15, -0.1) is 0 Å². The third-order valence-electron chi connectivity index (χ3n) is 3.91. The molecule has 0 aromatic heterocycles. The summed E-state index contributed by atoms with van der Waals surface area (Å²) in [6, 6.07) is 11.9. The molecule has 0 saturated heterocycles. The van der Waals surface area contributed by atoms with Crippen LogP contribution in [-0.4, -0.2) is 31.8 Å². The van der Waals surface area contributed by atoms with Gasteiger partial charge in [0.05, 0.1) is 15.2 Å². The fraction of sp³-hybridized carbons (Fsp3) is 0.300. The molecule has 2 rings (SSSR count). The van der Waals surface area contributed by atoms with Crippen molar-refractivity contribution in [2.75, 3.05) is 24.6 Å². The van der Waals surface area contributed by atoms with E-state index in [1.54, 1.807) is 6.21 Å². The SMILES string of the molecule is CCN(CC)c1ccc(/C=N/NC(=O)COc2c(Br)cc(C)cc2Br)cc1. The van der Waals surface area contributed by atoms with Crippen molar-refractivity contribution in [1.82, 2.24) is 5.43 Å². The summed E-state index contributed by atoms with van der Waals surface area (Å²) in [6.45, 7) is 8.04. The lowest BCUT2D eigenvalue weighted by Crippen LogP contribution is -2.24. The number of hydrazone groups is 1. The lowest BCUT2D eigenvalue weighted by molar-refractivity contribution is -0.123. The molecule has 0 unspecified atom stereocenters. The molecule has 0 saturated carbocycles. The number of halogens is 2. The molecule has 0 aliphatic rings. The van der Waals surface area contributed by atoms with Crippen LogP contribution < -0.4 is 15.1 Å². The van der Waals surface area contributed by atoms with E-state index in [9.17, 15) is 4.79 Å². The summed E-state index contributed by atoms with van der Waals surface area (Å²) in [7, 11) is 0. The van der Waals surface area contributed by atoms with Gasteiger partial charge in [0.1, 0.15) is 5.75 Å². The number of anilines is 1. The number of nitrogens with zero attached hydrogens (tertiary/aromatic N) is 2.